The van der Waals surface area contributed by atoms with Gasteiger partial charge in [-0.1, -0.05) is 47.5 Å². The first-order valence-corrected chi connectivity index (χ1v) is 7.81. The number of hydrogen-bond acceptors (Lipinski definition) is 3. The maximum absolute atomic E-state index is 12.2. The molecule has 0 unspecified atom stereocenters. The van der Waals surface area contributed by atoms with Gasteiger partial charge in [0.05, 0.1) is 26.8 Å². The summed E-state index contributed by atoms with van der Waals surface area (Å²) in [5.74, 6) is 0.206. The fourth-order valence-corrected chi connectivity index (χ4v) is 3.25. The van der Waals surface area contributed by atoms with Gasteiger partial charge in [-0.05, 0) is 24.3 Å². The van der Waals surface area contributed by atoms with Crippen LogP contribution in [0.4, 0.5) is 0 Å². The van der Waals surface area contributed by atoms with Crippen LogP contribution < -0.4 is 11.2 Å². The zero-order chi connectivity index (χ0) is 16.8. The minimum Gasteiger partial charge on any atom is -0.291 e. The number of para-hydroxylation sites is 2. The van der Waals surface area contributed by atoms with Gasteiger partial charge in [0.2, 0.25) is 0 Å². The molecule has 1 N–H and O–H groups in total. The third-order valence-electron chi connectivity index (χ3n) is 3.76. The average molecular weight is 358 g/mol. The minimum absolute atomic E-state index is 0.206. The molecule has 0 saturated carbocycles. The van der Waals surface area contributed by atoms with E-state index in [1.54, 1.807) is 47.0 Å². The fraction of sp³-hybridized carbons (Fsp3) is 0. The van der Waals surface area contributed by atoms with Crippen LogP contribution in [-0.2, 0) is 0 Å². The van der Waals surface area contributed by atoms with Gasteiger partial charge >= 0.3 is 5.69 Å². The largest absolute Gasteiger partial charge is 0.349 e. The van der Waals surface area contributed by atoms with E-state index >= 15 is 0 Å². The molecule has 0 saturated heterocycles. The molecule has 2 aromatic rings. The smallest absolute Gasteiger partial charge is 0.291 e. The Bertz CT molecular complexity index is 1180. The second-order valence-corrected chi connectivity index (χ2v) is 6.03. The summed E-state index contributed by atoms with van der Waals surface area (Å²) in [6.07, 6.45) is 0. The summed E-state index contributed by atoms with van der Waals surface area (Å²) in [4.78, 5) is 30.1. The first-order valence-electron chi connectivity index (χ1n) is 7.05. The van der Waals surface area contributed by atoms with Crippen molar-refractivity contribution >= 4 is 34.1 Å². The lowest BCUT2D eigenvalue weighted by Gasteiger charge is -2.19. The Hall–Kier alpha value is -2.63. The second kappa shape index (κ2) is 5.47. The molecule has 0 spiro atoms. The molecule has 7 heteroatoms. The monoisotopic (exact) mass is 357 g/mol. The standard InChI is InChI=1S/C17H9Cl2N3O2/c18-11-5-1-2-7-13(11)22-14-9(4-3-6-12(14)19)8-10-15(22)20-17(24)21-16(10)23/h1-8H,(H,21,23,24). The number of benzene rings is 2. The van der Waals surface area contributed by atoms with E-state index in [1.807, 2.05) is 6.07 Å². The van der Waals surface area contributed by atoms with Gasteiger partial charge in [0.25, 0.3) is 5.56 Å². The van der Waals surface area contributed by atoms with Crippen molar-refractivity contribution in [3.05, 3.63) is 79.4 Å². The van der Waals surface area contributed by atoms with Gasteiger partial charge in [0.15, 0.2) is 5.82 Å². The van der Waals surface area contributed by atoms with E-state index in [0.717, 1.165) is 5.39 Å². The molecule has 0 aromatic heterocycles. The van der Waals surface area contributed by atoms with Gasteiger partial charge < -0.3 is 0 Å². The summed E-state index contributed by atoms with van der Waals surface area (Å²) >= 11 is 12.7. The Morgan fingerprint density at radius 1 is 0.958 bits per heavy atom. The van der Waals surface area contributed by atoms with Gasteiger partial charge in [-0.25, -0.2) is 4.79 Å². The number of aromatic amines is 1. The topological polar surface area (TPSA) is 67.8 Å². The Balaban J connectivity index is 2.33. The Kier molecular flexibility index (Phi) is 3.40. The van der Waals surface area contributed by atoms with Crippen molar-refractivity contribution in [2.75, 3.05) is 0 Å². The third kappa shape index (κ3) is 2.21. The van der Waals surface area contributed by atoms with E-state index in [9.17, 15) is 9.59 Å². The molecule has 0 radical (unpaired) electrons. The van der Waals surface area contributed by atoms with Crippen LogP contribution in [0.1, 0.15) is 0 Å². The number of pyridine rings is 1. The zero-order valence-corrected chi connectivity index (χ0v) is 13.6. The van der Waals surface area contributed by atoms with Crippen LogP contribution in [0.25, 0.3) is 28.0 Å². The van der Waals surface area contributed by atoms with Crippen molar-refractivity contribution < 1.29 is 0 Å². The number of hydrogen-bond donors (Lipinski definition) is 1. The van der Waals surface area contributed by atoms with Gasteiger partial charge in [0.1, 0.15) is 0 Å². The minimum atomic E-state index is -0.722. The van der Waals surface area contributed by atoms with E-state index in [0.29, 0.717) is 21.2 Å². The molecular formula is C17H9Cl2N3O2. The van der Waals surface area contributed by atoms with Crippen LogP contribution >= 0.6 is 23.2 Å². The van der Waals surface area contributed by atoms with Crippen molar-refractivity contribution in [2.24, 2.45) is 0 Å². The van der Waals surface area contributed by atoms with Crippen molar-refractivity contribution in [2.45, 2.75) is 0 Å². The SMILES string of the molecule is O=c1nc2n(-c3ccccc3Cl)c3c(Cl)cccc3cc-2c(=O)[nH]1. The molecule has 2 heterocycles. The van der Waals surface area contributed by atoms with E-state index in [1.165, 1.54) is 0 Å². The van der Waals surface area contributed by atoms with Crippen molar-refractivity contribution in [3.63, 3.8) is 0 Å². The highest BCUT2D eigenvalue weighted by atomic mass is 35.5. The molecule has 0 amide bonds. The summed E-state index contributed by atoms with van der Waals surface area (Å²) < 4.78 is 1.64. The predicted octanol–water partition coefficient (Wildman–Crippen LogP) is 3.49. The summed E-state index contributed by atoms with van der Waals surface area (Å²) in [6.45, 7) is 0. The second-order valence-electron chi connectivity index (χ2n) is 5.22. The molecule has 2 aliphatic rings. The van der Waals surface area contributed by atoms with E-state index < -0.39 is 11.2 Å². The van der Waals surface area contributed by atoms with Crippen molar-refractivity contribution in [1.82, 2.24) is 14.5 Å². The number of halogens is 2. The Morgan fingerprint density at radius 2 is 1.71 bits per heavy atom. The lowest BCUT2D eigenvalue weighted by Crippen LogP contribution is -2.27. The maximum atomic E-state index is 12.2. The highest BCUT2D eigenvalue weighted by Crippen LogP contribution is 2.34. The van der Waals surface area contributed by atoms with Gasteiger partial charge in [-0.2, -0.15) is 4.98 Å². The summed E-state index contributed by atoms with van der Waals surface area (Å²) in [7, 11) is 0. The normalized spacial score (nSPS) is 11.2. The summed E-state index contributed by atoms with van der Waals surface area (Å²) in [6, 6.07) is 14.1. The lowest BCUT2D eigenvalue weighted by molar-refractivity contribution is 0.960. The van der Waals surface area contributed by atoms with Crippen LogP contribution in [0, 0.1) is 0 Å². The van der Waals surface area contributed by atoms with Crippen LogP contribution in [0.5, 0.6) is 0 Å². The highest BCUT2D eigenvalue weighted by Gasteiger charge is 2.20. The predicted molar refractivity (Wildman–Crippen MR) is 94.6 cm³/mol. The number of nitrogens with zero attached hydrogens (tertiary/aromatic N) is 2. The molecular weight excluding hydrogens is 349 g/mol. The number of fused-ring (bicyclic) bond motifs is 2. The Morgan fingerprint density at radius 3 is 2.50 bits per heavy atom. The zero-order valence-electron chi connectivity index (χ0n) is 12.1. The van der Waals surface area contributed by atoms with E-state index in [-0.39, 0.29) is 11.4 Å². The fourth-order valence-electron chi connectivity index (χ4n) is 2.76. The molecule has 118 valence electrons. The summed E-state index contributed by atoms with van der Waals surface area (Å²) in [5.41, 5.74) is 0.259. The van der Waals surface area contributed by atoms with Gasteiger partial charge in [-0.3, -0.25) is 14.3 Å². The maximum Gasteiger partial charge on any atom is 0.349 e. The first kappa shape index (κ1) is 14.9. The molecule has 5 nitrogen and oxygen atoms in total. The third-order valence-corrected chi connectivity index (χ3v) is 4.38. The first-order chi connectivity index (χ1) is 11.6. The van der Waals surface area contributed by atoms with Crippen LogP contribution in [0.3, 0.4) is 0 Å². The van der Waals surface area contributed by atoms with E-state index in [4.69, 9.17) is 23.2 Å². The lowest BCUT2D eigenvalue weighted by atomic mass is 10.1. The molecule has 0 atom stereocenters. The quantitative estimate of drug-likeness (QED) is 0.530. The number of H-pyrrole nitrogens is 1. The van der Waals surface area contributed by atoms with Crippen LogP contribution in [0.15, 0.2) is 58.1 Å². The molecule has 2 aromatic carbocycles. The summed E-state index contributed by atoms with van der Waals surface area (Å²) in [5, 5.41) is 1.65. The van der Waals surface area contributed by atoms with Crippen LogP contribution in [0.2, 0.25) is 10.0 Å². The van der Waals surface area contributed by atoms with E-state index in [2.05, 4.69) is 9.97 Å². The van der Waals surface area contributed by atoms with Crippen molar-refractivity contribution in [3.8, 4) is 17.1 Å². The average Bonchev–Trinajstić information content (AvgIpc) is 2.55. The van der Waals surface area contributed by atoms with Crippen molar-refractivity contribution in [1.29, 1.82) is 0 Å². The molecule has 2 aliphatic heterocycles. The molecule has 0 bridgehead atoms. The number of aromatic nitrogens is 3. The highest BCUT2D eigenvalue weighted by molar-refractivity contribution is 6.35. The van der Waals surface area contributed by atoms with Gasteiger partial charge in [0, 0.05) is 5.39 Å². The van der Waals surface area contributed by atoms with Crippen LogP contribution in [-0.4, -0.2) is 14.5 Å². The number of rotatable bonds is 1. The molecule has 24 heavy (non-hydrogen) atoms. The molecule has 4 rings (SSSR count). The van der Waals surface area contributed by atoms with Gasteiger partial charge in [-0.15, -0.1) is 0 Å². The molecule has 0 fully saturated rings. The molecule has 0 aliphatic carbocycles. The number of nitrogens with one attached hydrogen (secondary N) is 1. The Labute approximate surface area is 145 Å².